The number of phenols is 1. The number of carboxylic acid groups (broad SMARTS) is 1. The van der Waals surface area contributed by atoms with Crippen LogP contribution in [0.3, 0.4) is 0 Å². The molecule has 1 aromatic heterocycles. The monoisotopic (exact) mass is 509 g/mol. The first kappa shape index (κ1) is 23.9. The Labute approximate surface area is 218 Å². The van der Waals surface area contributed by atoms with Crippen molar-refractivity contribution in [1.29, 1.82) is 0 Å². The number of benzene rings is 3. The van der Waals surface area contributed by atoms with Crippen molar-refractivity contribution in [2.75, 3.05) is 4.90 Å². The second kappa shape index (κ2) is 8.56. The Hall–Kier alpha value is -4.43. The van der Waals surface area contributed by atoms with Crippen molar-refractivity contribution in [3.63, 3.8) is 0 Å². The maximum absolute atomic E-state index is 14.1. The van der Waals surface area contributed by atoms with Gasteiger partial charge >= 0.3 is 5.97 Å². The highest BCUT2D eigenvalue weighted by atomic mass is 16.4. The average Bonchev–Trinajstić information content (AvgIpc) is 3.54. The average molecular weight is 510 g/mol. The number of carbonyl (C=O) groups excluding carboxylic acids is 2. The molecule has 3 aromatic carbocycles. The van der Waals surface area contributed by atoms with Crippen molar-refractivity contribution in [3.05, 3.63) is 95.2 Å². The number of phenolic OH excluding ortho intramolecular Hbond substituents is 1. The number of nitrogens with one attached hydrogen (secondary N) is 2. The molecule has 0 radical (unpaired) electrons. The lowest BCUT2D eigenvalue weighted by atomic mass is 9.76. The Balaban J connectivity index is 1.53. The van der Waals surface area contributed by atoms with Crippen LogP contribution in [0.25, 0.3) is 10.9 Å². The Bertz CT molecular complexity index is 1630. The number of imide groups is 1. The van der Waals surface area contributed by atoms with Crippen molar-refractivity contribution < 1.29 is 24.6 Å². The second-order valence-corrected chi connectivity index (χ2v) is 10.3. The van der Waals surface area contributed by atoms with Gasteiger partial charge in [-0.2, -0.15) is 0 Å². The normalized spacial score (nSPS) is 24.8. The summed E-state index contributed by atoms with van der Waals surface area (Å²) >= 11 is 0. The number of aryl methyl sites for hydroxylation is 2. The van der Waals surface area contributed by atoms with Crippen LogP contribution in [0.1, 0.15) is 28.3 Å². The number of aliphatic carboxylic acids is 1. The largest absolute Gasteiger partial charge is 0.508 e. The highest BCUT2D eigenvalue weighted by Gasteiger charge is 2.69. The number of H-pyrrole nitrogens is 1. The highest BCUT2D eigenvalue weighted by molar-refractivity contribution is 6.24. The third-order valence-corrected chi connectivity index (χ3v) is 8.20. The second-order valence-electron chi connectivity index (χ2n) is 10.3. The molecule has 2 fully saturated rings. The summed E-state index contributed by atoms with van der Waals surface area (Å²) < 4.78 is 0. The van der Waals surface area contributed by atoms with Crippen molar-refractivity contribution in [3.8, 4) is 5.75 Å². The van der Waals surface area contributed by atoms with Crippen molar-refractivity contribution in [2.24, 2.45) is 11.8 Å². The number of hydrogen-bond donors (Lipinski definition) is 4. The van der Waals surface area contributed by atoms with Crippen LogP contribution in [0, 0.1) is 25.7 Å². The molecule has 6 rings (SSSR count). The van der Waals surface area contributed by atoms with E-state index >= 15 is 0 Å². The number of aromatic hydroxyl groups is 1. The fraction of sp³-hybridized carbons (Fsp3) is 0.233. The molecule has 192 valence electrons. The molecule has 38 heavy (non-hydrogen) atoms. The van der Waals surface area contributed by atoms with E-state index in [0.29, 0.717) is 11.3 Å². The van der Waals surface area contributed by atoms with E-state index in [2.05, 4.69) is 10.3 Å². The molecule has 8 nitrogen and oxygen atoms in total. The minimum atomic E-state index is -1.79. The number of carboxylic acids is 1. The Morgan fingerprint density at radius 1 is 0.974 bits per heavy atom. The maximum atomic E-state index is 14.1. The van der Waals surface area contributed by atoms with E-state index in [9.17, 15) is 24.6 Å². The van der Waals surface area contributed by atoms with Gasteiger partial charge in [0.1, 0.15) is 11.3 Å². The molecule has 4 aromatic rings. The topological polar surface area (TPSA) is 123 Å². The lowest BCUT2D eigenvalue weighted by Crippen LogP contribution is -2.57. The number of nitrogens with zero attached hydrogens (tertiary/aromatic N) is 1. The van der Waals surface area contributed by atoms with Crippen LogP contribution in [0.5, 0.6) is 5.75 Å². The summed E-state index contributed by atoms with van der Waals surface area (Å²) in [7, 11) is 0. The van der Waals surface area contributed by atoms with Gasteiger partial charge in [-0.15, -0.1) is 0 Å². The highest BCUT2D eigenvalue weighted by Crippen LogP contribution is 2.52. The van der Waals surface area contributed by atoms with E-state index in [1.807, 2.05) is 44.2 Å². The smallest absolute Gasteiger partial charge is 0.325 e. The van der Waals surface area contributed by atoms with E-state index in [0.717, 1.165) is 32.5 Å². The lowest BCUT2D eigenvalue weighted by molar-refractivity contribution is -0.148. The summed E-state index contributed by atoms with van der Waals surface area (Å²) in [5, 5.41) is 25.5. The van der Waals surface area contributed by atoms with Crippen LogP contribution in [-0.4, -0.2) is 38.5 Å². The van der Waals surface area contributed by atoms with E-state index in [1.54, 1.807) is 36.5 Å². The predicted octanol–water partition coefficient (Wildman–Crippen LogP) is 4.01. The van der Waals surface area contributed by atoms with Gasteiger partial charge in [0.15, 0.2) is 0 Å². The van der Waals surface area contributed by atoms with Gasteiger partial charge in [0.2, 0.25) is 11.8 Å². The van der Waals surface area contributed by atoms with Crippen molar-refractivity contribution in [1.82, 2.24) is 10.3 Å². The van der Waals surface area contributed by atoms with Gasteiger partial charge in [0.05, 0.1) is 17.5 Å². The van der Waals surface area contributed by atoms with Crippen LogP contribution in [-0.2, 0) is 20.8 Å². The molecule has 2 aliphatic heterocycles. The number of carbonyl (C=O) groups is 3. The molecule has 4 atom stereocenters. The zero-order valence-corrected chi connectivity index (χ0v) is 20.9. The molecular formula is C30H27N3O5. The number of aromatic amines is 1. The van der Waals surface area contributed by atoms with Crippen molar-refractivity contribution in [2.45, 2.75) is 31.8 Å². The molecule has 8 heteroatoms. The number of aromatic nitrogens is 1. The first-order valence-electron chi connectivity index (χ1n) is 12.5. The summed E-state index contributed by atoms with van der Waals surface area (Å²) in [6.07, 6.45) is 1.72. The van der Waals surface area contributed by atoms with Gasteiger partial charge in [0, 0.05) is 35.1 Å². The molecule has 2 amide bonds. The Morgan fingerprint density at radius 2 is 1.71 bits per heavy atom. The summed E-state index contributed by atoms with van der Waals surface area (Å²) in [4.78, 5) is 45.6. The minimum Gasteiger partial charge on any atom is -0.508 e. The number of hydrogen-bond acceptors (Lipinski definition) is 5. The summed E-state index contributed by atoms with van der Waals surface area (Å²) in [5.74, 6) is -4.53. The fourth-order valence-electron chi connectivity index (χ4n) is 6.15. The standard InChI is InChI=1S/C30H27N3O5/c1-16-11-12-19(13-17(16)2)33-27(35)24-25(28(33)36)30(29(37)38,32-26(24)21-8-4-6-10-23(21)34)14-18-15-31-22-9-5-3-7-20(18)22/h3-13,15,24-26,31-32,34H,14H2,1-2H3,(H,37,38)/t24-,25-,26-,30-/m0/s1. The zero-order valence-electron chi connectivity index (χ0n) is 20.9. The molecule has 0 aliphatic carbocycles. The van der Waals surface area contributed by atoms with Gasteiger partial charge < -0.3 is 15.2 Å². The molecule has 2 saturated heterocycles. The minimum absolute atomic E-state index is 0.0304. The number of anilines is 1. The van der Waals surface area contributed by atoms with Crippen LogP contribution in [0.4, 0.5) is 5.69 Å². The van der Waals surface area contributed by atoms with Gasteiger partial charge in [-0.1, -0.05) is 42.5 Å². The van der Waals surface area contributed by atoms with E-state index < -0.39 is 41.2 Å². The summed E-state index contributed by atoms with van der Waals surface area (Å²) in [6.45, 7) is 3.84. The molecule has 0 saturated carbocycles. The van der Waals surface area contributed by atoms with E-state index in [4.69, 9.17) is 0 Å². The Kier molecular flexibility index (Phi) is 5.39. The first-order valence-corrected chi connectivity index (χ1v) is 12.5. The molecule has 3 heterocycles. The third-order valence-electron chi connectivity index (χ3n) is 8.20. The van der Waals surface area contributed by atoms with Crippen LogP contribution < -0.4 is 10.2 Å². The number of rotatable bonds is 5. The summed E-state index contributed by atoms with van der Waals surface area (Å²) in [6, 6.07) is 18.5. The SMILES string of the molecule is Cc1ccc(N2C(=O)[C@H]3[C@@H](C2=O)[C@@](Cc2c[nH]c4ccccc24)(C(=O)O)N[C@H]3c2ccccc2O)cc1C. The molecule has 0 bridgehead atoms. The quantitative estimate of drug-likeness (QED) is 0.302. The van der Waals surface area contributed by atoms with E-state index in [-0.39, 0.29) is 12.2 Å². The Morgan fingerprint density at radius 3 is 2.45 bits per heavy atom. The van der Waals surface area contributed by atoms with Crippen LogP contribution in [0.2, 0.25) is 0 Å². The van der Waals surface area contributed by atoms with Gasteiger partial charge in [-0.3, -0.25) is 19.7 Å². The van der Waals surface area contributed by atoms with Gasteiger partial charge in [0.25, 0.3) is 0 Å². The third kappa shape index (κ3) is 3.37. The van der Waals surface area contributed by atoms with Crippen LogP contribution in [0.15, 0.2) is 72.9 Å². The maximum Gasteiger partial charge on any atom is 0.325 e. The number of amides is 2. The first-order chi connectivity index (χ1) is 18.2. The molecule has 0 spiro atoms. The molecule has 2 aliphatic rings. The van der Waals surface area contributed by atoms with Gasteiger partial charge in [-0.25, -0.2) is 4.90 Å². The molecular weight excluding hydrogens is 482 g/mol. The van der Waals surface area contributed by atoms with Crippen molar-refractivity contribution >= 4 is 34.4 Å². The number of fused-ring (bicyclic) bond motifs is 2. The van der Waals surface area contributed by atoms with Crippen LogP contribution >= 0.6 is 0 Å². The number of para-hydroxylation sites is 2. The predicted molar refractivity (Wildman–Crippen MR) is 142 cm³/mol. The summed E-state index contributed by atoms with van der Waals surface area (Å²) in [5.41, 5.74) is 2.51. The molecule has 4 N–H and O–H groups in total. The van der Waals surface area contributed by atoms with Gasteiger partial charge in [-0.05, 0) is 54.8 Å². The van der Waals surface area contributed by atoms with E-state index in [1.165, 1.54) is 6.07 Å². The zero-order chi connectivity index (χ0) is 26.8. The fourth-order valence-corrected chi connectivity index (χ4v) is 6.15. The lowest BCUT2D eigenvalue weighted by Gasteiger charge is -2.31. The molecule has 0 unspecified atom stereocenters.